The van der Waals surface area contributed by atoms with Crippen LogP contribution in [0.5, 0.6) is 11.5 Å². The van der Waals surface area contributed by atoms with Crippen molar-refractivity contribution in [2.45, 2.75) is 15.6 Å². The number of hydrogen-bond donors (Lipinski definition) is 2. The molecule has 3 rings (SSSR count). The van der Waals surface area contributed by atoms with Crippen LogP contribution in [0.25, 0.3) is 0 Å². The van der Waals surface area contributed by atoms with Crippen molar-refractivity contribution in [3.63, 3.8) is 0 Å². The topological polar surface area (TPSA) is 128 Å². The Morgan fingerprint density at radius 2 is 1.65 bits per heavy atom. The summed E-state index contributed by atoms with van der Waals surface area (Å²) in [6.07, 6.45) is 0. The Labute approximate surface area is 194 Å². The zero-order chi connectivity index (χ0) is 22.2. The standard InChI is InChI=1S/C17H18N6O4S4/c1-4-28-16-22-20-14(30-16)18-11(24)8-29-17-23-21-15(31-17)19-13(25)9-6-5-7-10(26-2)12(9)27-3/h5-7H,4,8H2,1-3H3,(H,18,20,24)(H,19,21,25). The number of anilines is 2. The smallest absolute Gasteiger partial charge is 0.261 e. The highest BCUT2D eigenvalue weighted by Crippen LogP contribution is 2.32. The van der Waals surface area contributed by atoms with Crippen LogP contribution in [-0.4, -0.2) is 57.9 Å². The predicted octanol–water partition coefficient (Wildman–Crippen LogP) is 3.50. The highest BCUT2D eigenvalue weighted by molar-refractivity contribution is 8.01. The third-order valence-corrected chi connectivity index (χ3v) is 7.35. The zero-order valence-corrected chi connectivity index (χ0v) is 20.0. The molecule has 0 spiro atoms. The monoisotopic (exact) mass is 498 g/mol. The fourth-order valence-electron chi connectivity index (χ4n) is 2.27. The first-order chi connectivity index (χ1) is 15.0. The number of nitrogens with zero attached hydrogens (tertiary/aromatic N) is 4. The quantitative estimate of drug-likeness (QED) is 0.316. The van der Waals surface area contributed by atoms with E-state index in [0.717, 1.165) is 10.1 Å². The molecule has 0 saturated heterocycles. The number of amides is 2. The molecular weight excluding hydrogens is 480 g/mol. The van der Waals surface area contributed by atoms with E-state index in [2.05, 4.69) is 31.0 Å². The van der Waals surface area contributed by atoms with Crippen LogP contribution in [0.2, 0.25) is 0 Å². The maximum absolute atomic E-state index is 12.6. The van der Waals surface area contributed by atoms with E-state index in [4.69, 9.17) is 9.47 Å². The maximum atomic E-state index is 12.6. The van der Waals surface area contributed by atoms with Crippen molar-refractivity contribution in [2.75, 3.05) is 36.4 Å². The SMILES string of the molecule is CCSc1nnc(NC(=O)CSc2nnc(NC(=O)c3cccc(OC)c3OC)s2)s1. The number of carbonyl (C=O) groups is 2. The van der Waals surface area contributed by atoms with Gasteiger partial charge in [0.1, 0.15) is 0 Å². The van der Waals surface area contributed by atoms with E-state index >= 15 is 0 Å². The lowest BCUT2D eigenvalue weighted by Gasteiger charge is -2.11. The van der Waals surface area contributed by atoms with Gasteiger partial charge < -0.3 is 9.47 Å². The minimum absolute atomic E-state index is 0.127. The van der Waals surface area contributed by atoms with Gasteiger partial charge in [0.25, 0.3) is 5.91 Å². The lowest BCUT2D eigenvalue weighted by molar-refractivity contribution is -0.113. The van der Waals surface area contributed by atoms with Gasteiger partial charge in [-0.1, -0.05) is 59.2 Å². The summed E-state index contributed by atoms with van der Waals surface area (Å²) in [5.74, 6) is 1.16. The number of ether oxygens (including phenoxy) is 2. The number of para-hydroxylation sites is 1. The molecule has 0 atom stereocenters. The second-order valence-electron chi connectivity index (χ2n) is 5.51. The van der Waals surface area contributed by atoms with Gasteiger partial charge >= 0.3 is 0 Å². The van der Waals surface area contributed by atoms with Crippen molar-refractivity contribution in [1.82, 2.24) is 20.4 Å². The van der Waals surface area contributed by atoms with Crippen LogP contribution < -0.4 is 20.1 Å². The van der Waals surface area contributed by atoms with Crippen molar-refractivity contribution in [3.05, 3.63) is 23.8 Å². The first kappa shape index (κ1) is 23.2. The predicted molar refractivity (Wildman–Crippen MR) is 123 cm³/mol. The Hall–Kier alpha value is -2.42. The molecule has 2 aromatic heterocycles. The maximum Gasteiger partial charge on any atom is 0.261 e. The summed E-state index contributed by atoms with van der Waals surface area (Å²) in [6.45, 7) is 2.02. The van der Waals surface area contributed by atoms with Crippen molar-refractivity contribution in [3.8, 4) is 11.5 Å². The molecule has 2 amide bonds. The molecule has 3 aromatic rings. The molecule has 0 aliphatic rings. The molecule has 10 nitrogen and oxygen atoms in total. The molecule has 2 N–H and O–H groups in total. The number of thioether (sulfide) groups is 2. The van der Waals surface area contributed by atoms with Gasteiger partial charge in [-0.3, -0.25) is 20.2 Å². The number of nitrogens with one attached hydrogen (secondary N) is 2. The van der Waals surface area contributed by atoms with E-state index in [-0.39, 0.29) is 11.7 Å². The molecule has 0 aliphatic carbocycles. The molecule has 0 bridgehead atoms. The lowest BCUT2D eigenvalue weighted by Crippen LogP contribution is -2.13. The Balaban J connectivity index is 1.54. The average Bonchev–Trinajstić information content (AvgIpc) is 3.41. The van der Waals surface area contributed by atoms with Gasteiger partial charge in [0, 0.05) is 0 Å². The largest absolute Gasteiger partial charge is 0.493 e. The Kier molecular flexibility index (Phi) is 8.45. The normalized spacial score (nSPS) is 10.5. The van der Waals surface area contributed by atoms with E-state index in [1.807, 2.05) is 6.92 Å². The van der Waals surface area contributed by atoms with Gasteiger partial charge in [-0.15, -0.1) is 20.4 Å². The fraction of sp³-hybridized carbons (Fsp3) is 0.294. The highest BCUT2D eigenvalue weighted by atomic mass is 32.2. The van der Waals surface area contributed by atoms with Gasteiger partial charge in [-0.25, -0.2) is 0 Å². The number of methoxy groups -OCH3 is 2. The number of aromatic nitrogens is 4. The van der Waals surface area contributed by atoms with E-state index < -0.39 is 5.91 Å². The molecule has 0 aliphatic heterocycles. The third kappa shape index (κ3) is 6.29. The van der Waals surface area contributed by atoms with E-state index in [9.17, 15) is 9.59 Å². The van der Waals surface area contributed by atoms with Gasteiger partial charge in [-0.05, 0) is 17.9 Å². The van der Waals surface area contributed by atoms with Gasteiger partial charge in [0.2, 0.25) is 16.2 Å². The first-order valence-corrected chi connectivity index (χ1v) is 12.4. The van der Waals surface area contributed by atoms with Gasteiger partial charge in [-0.2, -0.15) is 0 Å². The molecule has 1 aromatic carbocycles. The summed E-state index contributed by atoms with van der Waals surface area (Å²) >= 11 is 5.27. The Bertz CT molecular complexity index is 1060. The Morgan fingerprint density at radius 1 is 0.968 bits per heavy atom. The summed E-state index contributed by atoms with van der Waals surface area (Å²) in [7, 11) is 2.96. The van der Waals surface area contributed by atoms with Crippen LogP contribution in [0.15, 0.2) is 26.9 Å². The summed E-state index contributed by atoms with van der Waals surface area (Å²) < 4.78 is 11.8. The highest BCUT2D eigenvalue weighted by Gasteiger charge is 2.18. The molecule has 0 unspecified atom stereocenters. The third-order valence-electron chi connectivity index (χ3n) is 3.52. The molecule has 164 valence electrons. The van der Waals surface area contributed by atoms with Crippen LogP contribution in [0, 0.1) is 0 Å². The van der Waals surface area contributed by atoms with Gasteiger partial charge in [0.15, 0.2) is 20.2 Å². The summed E-state index contributed by atoms with van der Waals surface area (Å²) in [6, 6.07) is 5.01. The molecule has 0 fully saturated rings. The molecule has 2 heterocycles. The molecule has 0 saturated carbocycles. The Morgan fingerprint density at radius 3 is 2.29 bits per heavy atom. The minimum Gasteiger partial charge on any atom is -0.493 e. The average molecular weight is 499 g/mol. The van der Waals surface area contributed by atoms with Crippen LogP contribution in [0.1, 0.15) is 17.3 Å². The number of rotatable bonds is 10. The minimum atomic E-state index is -0.404. The molecule has 0 radical (unpaired) electrons. The van der Waals surface area contributed by atoms with E-state index in [1.54, 1.807) is 30.0 Å². The van der Waals surface area contributed by atoms with Crippen molar-refractivity contribution in [1.29, 1.82) is 0 Å². The van der Waals surface area contributed by atoms with Crippen LogP contribution in [0.4, 0.5) is 10.3 Å². The lowest BCUT2D eigenvalue weighted by atomic mass is 10.1. The first-order valence-electron chi connectivity index (χ1n) is 8.78. The van der Waals surface area contributed by atoms with Gasteiger partial charge in [0.05, 0.1) is 25.5 Å². The summed E-state index contributed by atoms with van der Waals surface area (Å²) in [4.78, 5) is 24.7. The van der Waals surface area contributed by atoms with Crippen LogP contribution in [-0.2, 0) is 4.79 Å². The number of benzene rings is 1. The van der Waals surface area contributed by atoms with Crippen LogP contribution in [0.3, 0.4) is 0 Å². The fourth-order valence-corrected chi connectivity index (χ4v) is 5.49. The summed E-state index contributed by atoms with van der Waals surface area (Å²) in [5, 5.41) is 22.0. The van der Waals surface area contributed by atoms with E-state index in [1.165, 1.54) is 48.7 Å². The van der Waals surface area contributed by atoms with Crippen molar-refractivity contribution in [2.24, 2.45) is 0 Å². The molecule has 14 heteroatoms. The zero-order valence-electron chi connectivity index (χ0n) is 16.7. The van der Waals surface area contributed by atoms with Crippen molar-refractivity contribution < 1.29 is 19.1 Å². The van der Waals surface area contributed by atoms with Crippen molar-refractivity contribution >= 4 is 68.3 Å². The van der Waals surface area contributed by atoms with Crippen LogP contribution >= 0.6 is 46.2 Å². The van der Waals surface area contributed by atoms with E-state index in [0.29, 0.717) is 31.7 Å². The molecular formula is C17H18N6O4S4. The molecule has 31 heavy (non-hydrogen) atoms. The number of hydrogen-bond acceptors (Lipinski definition) is 12. The second-order valence-corrected chi connectivity index (χ2v) is 10.2. The number of carbonyl (C=O) groups excluding carboxylic acids is 2. The second kappa shape index (κ2) is 11.3. The summed E-state index contributed by atoms with van der Waals surface area (Å²) in [5.41, 5.74) is 0.309.